The highest BCUT2D eigenvalue weighted by molar-refractivity contribution is 14.1. The van der Waals surface area contributed by atoms with Crippen molar-refractivity contribution in [2.45, 2.75) is 18.6 Å². The molecule has 2 heterocycles. The molecule has 104 valence electrons. The number of halogens is 1. The molecule has 3 atom stereocenters. The van der Waals surface area contributed by atoms with Gasteiger partial charge < -0.3 is 10.5 Å². The standard InChI is InChI=1S/C9H11IN3O5P/c10-7-2-13(9(14)12-8(7)11)5-1-6(17-3-5)4-18-19(15)16/h2,5-6H,1,3-4H2,(H2-,11,12,14,15,16)/p+1/t5?,6-/m0/s1. The summed E-state index contributed by atoms with van der Waals surface area (Å²) in [5.74, 6) is 0.206. The quantitative estimate of drug-likeness (QED) is 0.556. The van der Waals surface area contributed by atoms with Crippen molar-refractivity contribution in [2.75, 3.05) is 18.9 Å². The van der Waals surface area contributed by atoms with Gasteiger partial charge in [-0.05, 0) is 29.0 Å². The van der Waals surface area contributed by atoms with Crippen molar-refractivity contribution in [1.29, 1.82) is 0 Å². The van der Waals surface area contributed by atoms with Crippen molar-refractivity contribution in [1.82, 2.24) is 9.55 Å². The van der Waals surface area contributed by atoms with Gasteiger partial charge >= 0.3 is 13.9 Å². The van der Waals surface area contributed by atoms with Gasteiger partial charge in [0.05, 0.1) is 22.3 Å². The van der Waals surface area contributed by atoms with Gasteiger partial charge in [-0.3, -0.25) is 4.57 Å². The van der Waals surface area contributed by atoms with Crippen LogP contribution in [0.1, 0.15) is 12.5 Å². The molecule has 1 aliphatic rings. The molecule has 0 aromatic carbocycles. The fourth-order valence-corrected chi connectivity index (χ4v) is 2.58. The van der Waals surface area contributed by atoms with Crippen LogP contribution in [-0.4, -0.2) is 33.8 Å². The van der Waals surface area contributed by atoms with E-state index in [0.717, 1.165) is 0 Å². The van der Waals surface area contributed by atoms with Crippen LogP contribution in [0.25, 0.3) is 0 Å². The minimum Gasteiger partial charge on any atom is -0.383 e. The maximum absolute atomic E-state index is 11.7. The maximum atomic E-state index is 11.7. The second-order valence-corrected chi connectivity index (χ2v) is 5.94. The lowest BCUT2D eigenvalue weighted by Crippen LogP contribution is -2.28. The molecule has 1 aromatic heterocycles. The summed E-state index contributed by atoms with van der Waals surface area (Å²) in [6.45, 7) is 0.355. The monoisotopic (exact) mass is 400 g/mol. The van der Waals surface area contributed by atoms with Gasteiger partial charge in [0.25, 0.3) is 0 Å². The highest BCUT2D eigenvalue weighted by Crippen LogP contribution is 2.26. The van der Waals surface area contributed by atoms with Crippen LogP contribution in [0.4, 0.5) is 5.82 Å². The number of hydrogen-bond acceptors (Lipinski definition) is 6. The van der Waals surface area contributed by atoms with E-state index in [0.29, 0.717) is 16.6 Å². The number of anilines is 1. The molecular formula is C9H12IN3O5P+. The number of nitrogens with zero attached hydrogens (tertiary/aromatic N) is 2. The van der Waals surface area contributed by atoms with Gasteiger partial charge in [-0.15, -0.1) is 9.42 Å². The molecule has 19 heavy (non-hydrogen) atoms. The molecule has 0 radical (unpaired) electrons. The van der Waals surface area contributed by atoms with Crippen molar-refractivity contribution in [2.24, 2.45) is 0 Å². The Morgan fingerprint density at radius 3 is 3.16 bits per heavy atom. The predicted molar refractivity (Wildman–Crippen MR) is 74.8 cm³/mol. The zero-order valence-electron chi connectivity index (χ0n) is 9.73. The third-order valence-electron chi connectivity index (χ3n) is 2.76. The lowest BCUT2D eigenvalue weighted by Gasteiger charge is -2.12. The summed E-state index contributed by atoms with van der Waals surface area (Å²) in [6, 6.07) is -0.167. The molecular weight excluding hydrogens is 388 g/mol. The van der Waals surface area contributed by atoms with E-state index in [9.17, 15) is 9.36 Å². The van der Waals surface area contributed by atoms with Gasteiger partial charge in [0, 0.05) is 10.8 Å². The molecule has 1 fully saturated rings. The zero-order valence-corrected chi connectivity index (χ0v) is 12.8. The molecule has 2 unspecified atom stereocenters. The van der Waals surface area contributed by atoms with Gasteiger partial charge in [0.2, 0.25) is 0 Å². The Kier molecular flexibility index (Phi) is 4.85. The van der Waals surface area contributed by atoms with E-state index in [1.165, 1.54) is 4.57 Å². The van der Waals surface area contributed by atoms with Crippen LogP contribution in [0.3, 0.4) is 0 Å². The molecule has 0 aliphatic carbocycles. The molecule has 8 nitrogen and oxygen atoms in total. The topological polar surface area (TPSA) is 117 Å². The van der Waals surface area contributed by atoms with E-state index in [1.54, 1.807) is 6.20 Å². The van der Waals surface area contributed by atoms with E-state index >= 15 is 0 Å². The van der Waals surface area contributed by atoms with E-state index in [-0.39, 0.29) is 24.6 Å². The van der Waals surface area contributed by atoms with E-state index < -0.39 is 13.9 Å². The smallest absolute Gasteiger partial charge is 0.383 e. The number of ether oxygens (including phenoxy) is 1. The summed E-state index contributed by atoms with van der Waals surface area (Å²) < 4.78 is 22.6. The summed E-state index contributed by atoms with van der Waals surface area (Å²) in [5, 5.41) is 0. The Morgan fingerprint density at radius 2 is 2.47 bits per heavy atom. The van der Waals surface area contributed by atoms with Gasteiger partial charge in [-0.1, -0.05) is 0 Å². The molecule has 1 aromatic rings. The molecule has 1 saturated heterocycles. The van der Waals surface area contributed by atoms with Gasteiger partial charge in [-0.25, -0.2) is 4.79 Å². The summed E-state index contributed by atoms with van der Waals surface area (Å²) in [6.07, 6.45) is 1.85. The van der Waals surface area contributed by atoms with Crippen LogP contribution >= 0.6 is 30.8 Å². The van der Waals surface area contributed by atoms with E-state index in [4.69, 9.17) is 15.4 Å². The highest BCUT2D eigenvalue weighted by atomic mass is 127. The van der Waals surface area contributed by atoms with Crippen molar-refractivity contribution < 1.29 is 18.7 Å². The third-order valence-corrected chi connectivity index (χ3v) is 3.96. The first-order chi connectivity index (χ1) is 8.97. The van der Waals surface area contributed by atoms with Crippen LogP contribution in [0.2, 0.25) is 0 Å². The summed E-state index contributed by atoms with van der Waals surface area (Å²) in [5.41, 5.74) is 5.12. The molecule has 0 spiro atoms. The van der Waals surface area contributed by atoms with Crippen LogP contribution in [0.5, 0.6) is 0 Å². The molecule has 0 amide bonds. The lowest BCUT2D eigenvalue weighted by molar-refractivity contribution is 0.0646. The average molecular weight is 400 g/mol. The third kappa shape index (κ3) is 3.69. The first-order valence-corrected chi connectivity index (χ1v) is 7.63. The van der Waals surface area contributed by atoms with Crippen LogP contribution in [-0.2, 0) is 13.8 Å². The van der Waals surface area contributed by atoms with Crippen molar-refractivity contribution >= 4 is 36.7 Å². The maximum Gasteiger partial charge on any atom is 0.694 e. The second kappa shape index (κ2) is 6.23. The Labute approximate surface area is 123 Å². The van der Waals surface area contributed by atoms with Crippen LogP contribution < -0.4 is 11.4 Å². The molecule has 1 aliphatic heterocycles. The fourth-order valence-electron chi connectivity index (χ4n) is 1.86. The number of aromatic nitrogens is 2. The largest absolute Gasteiger partial charge is 0.694 e. The van der Waals surface area contributed by atoms with Crippen molar-refractivity contribution in [3.63, 3.8) is 0 Å². The Bertz CT molecular complexity index is 551. The second-order valence-electron chi connectivity index (χ2n) is 4.04. The number of hydrogen-bond donors (Lipinski definition) is 2. The lowest BCUT2D eigenvalue weighted by atomic mass is 10.2. The number of nitrogen functional groups attached to an aromatic ring is 1. The van der Waals surface area contributed by atoms with Gasteiger partial charge in [0.15, 0.2) is 0 Å². The molecule has 3 N–H and O–H groups in total. The SMILES string of the molecule is Nc1nc(=O)n(C2CO[C@H](CO[P+](=O)O)C2)cc1I. The molecule has 0 saturated carbocycles. The van der Waals surface area contributed by atoms with Crippen molar-refractivity contribution in [3.8, 4) is 0 Å². The summed E-state index contributed by atoms with van der Waals surface area (Å²) in [4.78, 5) is 24.0. The van der Waals surface area contributed by atoms with Crippen LogP contribution in [0, 0.1) is 3.57 Å². The highest BCUT2D eigenvalue weighted by Gasteiger charge is 2.30. The minimum atomic E-state index is -2.63. The molecule has 2 rings (SSSR count). The Balaban J connectivity index is 2.07. The first kappa shape index (κ1) is 14.8. The van der Waals surface area contributed by atoms with Gasteiger partial charge in [-0.2, -0.15) is 4.98 Å². The summed E-state index contributed by atoms with van der Waals surface area (Å²) >= 11 is 2.00. The fraction of sp³-hybridized carbons (Fsp3) is 0.556. The Hall–Kier alpha value is -0.610. The Morgan fingerprint density at radius 1 is 1.74 bits per heavy atom. The predicted octanol–water partition coefficient (Wildman–Crippen LogP) is 0.426. The van der Waals surface area contributed by atoms with E-state index in [1.807, 2.05) is 22.6 Å². The van der Waals surface area contributed by atoms with E-state index in [2.05, 4.69) is 9.51 Å². The van der Waals surface area contributed by atoms with Crippen LogP contribution in [0.15, 0.2) is 11.0 Å². The summed E-state index contributed by atoms with van der Waals surface area (Å²) in [7, 11) is -2.63. The normalized spacial score (nSPS) is 23.6. The minimum absolute atomic E-state index is 0.0243. The zero-order chi connectivity index (χ0) is 14.0. The molecule has 0 bridgehead atoms. The van der Waals surface area contributed by atoms with Gasteiger partial charge in [0.1, 0.15) is 12.4 Å². The number of nitrogens with two attached hydrogens (primary N) is 1. The first-order valence-electron chi connectivity index (χ1n) is 5.42. The molecule has 10 heteroatoms. The number of rotatable bonds is 4. The average Bonchev–Trinajstić information content (AvgIpc) is 2.80. The van der Waals surface area contributed by atoms with Crippen molar-refractivity contribution in [3.05, 3.63) is 20.3 Å².